The Hall–Kier alpha value is -0.0900. The Kier molecular flexibility index (Phi) is 6.96. The molecular formula is C17H27NaO3. The van der Waals surface area contributed by atoms with Gasteiger partial charge >= 0.3 is 29.6 Å². The summed E-state index contributed by atoms with van der Waals surface area (Å²) in [7, 11) is 0. The molecule has 2 unspecified atom stereocenters. The van der Waals surface area contributed by atoms with Crippen molar-refractivity contribution in [2.45, 2.75) is 60.0 Å². The fourth-order valence-electron chi connectivity index (χ4n) is 3.22. The van der Waals surface area contributed by atoms with E-state index in [1.54, 1.807) is 0 Å². The number of aliphatic carboxylic acids is 1. The maximum atomic E-state index is 11.3. The fourth-order valence-corrected chi connectivity index (χ4v) is 3.22. The molecule has 21 heavy (non-hydrogen) atoms. The van der Waals surface area contributed by atoms with Crippen LogP contribution in [0.25, 0.3) is 0 Å². The fraction of sp³-hybridized carbons (Fsp3) is 0.706. The first-order valence-electron chi connectivity index (χ1n) is 7.20. The number of rotatable bonds is 3. The van der Waals surface area contributed by atoms with E-state index in [-0.39, 0.29) is 59.1 Å². The quantitative estimate of drug-likeness (QED) is 0.712. The summed E-state index contributed by atoms with van der Waals surface area (Å²) in [6.07, 6.45) is 5.95. The summed E-state index contributed by atoms with van der Waals surface area (Å²) in [6, 6.07) is 0. The molecule has 0 saturated heterocycles. The van der Waals surface area contributed by atoms with Gasteiger partial charge in [-0.05, 0) is 29.2 Å². The van der Waals surface area contributed by atoms with Crippen LogP contribution in [0.15, 0.2) is 23.8 Å². The normalized spacial score (nSPS) is 26.0. The van der Waals surface area contributed by atoms with Crippen molar-refractivity contribution in [1.29, 1.82) is 0 Å². The Morgan fingerprint density at radius 3 is 2.19 bits per heavy atom. The summed E-state index contributed by atoms with van der Waals surface area (Å²) in [4.78, 5) is 10.8. The van der Waals surface area contributed by atoms with E-state index in [4.69, 9.17) is 0 Å². The molecule has 0 spiro atoms. The molecule has 1 rings (SSSR count). The summed E-state index contributed by atoms with van der Waals surface area (Å²) >= 11 is 0. The molecule has 0 aromatic rings. The molecule has 4 heteroatoms. The number of carboxylic acids is 1. The van der Waals surface area contributed by atoms with Crippen molar-refractivity contribution in [3.05, 3.63) is 23.8 Å². The molecule has 0 aliphatic heterocycles. The van der Waals surface area contributed by atoms with Crippen LogP contribution in [0.3, 0.4) is 0 Å². The third-order valence-electron chi connectivity index (χ3n) is 4.00. The van der Waals surface area contributed by atoms with Gasteiger partial charge in [-0.15, -0.1) is 0 Å². The van der Waals surface area contributed by atoms with E-state index in [0.717, 1.165) is 5.57 Å². The molecule has 0 aromatic heterocycles. The monoisotopic (exact) mass is 302 g/mol. The second-order valence-corrected chi connectivity index (χ2v) is 7.86. The third kappa shape index (κ3) is 4.95. The van der Waals surface area contributed by atoms with Gasteiger partial charge in [0.2, 0.25) is 0 Å². The smallest absolute Gasteiger partial charge is 0.550 e. The number of hydrogen-bond donors (Lipinski definition) is 1. The first-order chi connectivity index (χ1) is 8.89. The molecule has 0 saturated carbocycles. The number of allylic oxidation sites excluding steroid dienone is 2. The molecule has 1 N–H and O–H groups in total. The number of carboxylic acid groups (broad SMARTS) is 1. The van der Waals surface area contributed by atoms with Gasteiger partial charge in [0.05, 0.1) is 5.60 Å². The topological polar surface area (TPSA) is 60.4 Å². The van der Waals surface area contributed by atoms with E-state index >= 15 is 0 Å². The van der Waals surface area contributed by atoms with E-state index in [0.29, 0.717) is 0 Å². The van der Waals surface area contributed by atoms with Gasteiger partial charge in [-0.3, -0.25) is 0 Å². The van der Waals surface area contributed by atoms with Gasteiger partial charge in [0.25, 0.3) is 0 Å². The molecule has 1 aliphatic carbocycles. The largest absolute Gasteiger partial charge is 1.00 e. The Morgan fingerprint density at radius 2 is 1.81 bits per heavy atom. The molecule has 0 radical (unpaired) electrons. The SMILES string of the molecule is CC(C)(C)C1=CC=CC(C(C)(C)C)C1(O)CCC(=O)[O-].[Na+]. The Balaban J connectivity index is 0.00000400. The van der Waals surface area contributed by atoms with E-state index in [1.807, 2.05) is 39.0 Å². The van der Waals surface area contributed by atoms with E-state index in [2.05, 4.69) is 20.8 Å². The number of hydrogen-bond acceptors (Lipinski definition) is 3. The van der Waals surface area contributed by atoms with Crippen LogP contribution in [0.1, 0.15) is 54.4 Å². The van der Waals surface area contributed by atoms with Gasteiger partial charge in [0, 0.05) is 11.9 Å². The van der Waals surface area contributed by atoms with Gasteiger partial charge in [0.1, 0.15) is 0 Å². The van der Waals surface area contributed by atoms with Crippen molar-refractivity contribution in [3.63, 3.8) is 0 Å². The van der Waals surface area contributed by atoms with Crippen LogP contribution < -0.4 is 34.7 Å². The van der Waals surface area contributed by atoms with Gasteiger partial charge in [-0.1, -0.05) is 59.8 Å². The molecule has 3 nitrogen and oxygen atoms in total. The van der Waals surface area contributed by atoms with Gasteiger partial charge in [-0.25, -0.2) is 0 Å². The maximum Gasteiger partial charge on any atom is 1.00 e. The standard InChI is InChI=1S/C17H28O3.Na/c1-15(2,3)12-8-7-9-13(16(4,5)6)17(12,20)11-10-14(18)19;/h7-9,12,20H,10-11H2,1-6H3,(H,18,19);/q;+1/p-1. The molecular weight excluding hydrogens is 275 g/mol. The minimum atomic E-state index is -1.13. The van der Waals surface area contributed by atoms with E-state index in [9.17, 15) is 15.0 Å². The van der Waals surface area contributed by atoms with Crippen molar-refractivity contribution in [2.75, 3.05) is 0 Å². The van der Waals surface area contributed by atoms with Crippen LogP contribution >= 0.6 is 0 Å². The number of aliphatic hydroxyl groups is 1. The minimum Gasteiger partial charge on any atom is -0.550 e. The van der Waals surface area contributed by atoms with Gasteiger partial charge in [-0.2, -0.15) is 0 Å². The van der Waals surface area contributed by atoms with Crippen LogP contribution in [0, 0.1) is 16.7 Å². The second-order valence-electron chi connectivity index (χ2n) is 7.86. The molecule has 0 heterocycles. The summed E-state index contributed by atoms with van der Waals surface area (Å²) in [5, 5.41) is 22.1. The first-order valence-corrected chi connectivity index (χ1v) is 7.20. The van der Waals surface area contributed by atoms with Crippen LogP contribution in [0.4, 0.5) is 0 Å². The zero-order valence-corrected chi connectivity index (χ0v) is 16.5. The molecule has 1 aliphatic rings. The summed E-state index contributed by atoms with van der Waals surface area (Å²) in [5.74, 6) is -1.23. The van der Waals surface area contributed by atoms with Crippen molar-refractivity contribution >= 4 is 5.97 Å². The van der Waals surface area contributed by atoms with Crippen molar-refractivity contribution in [3.8, 4) is 0 Å². The van der Waals surface area contributed by atoms with Crippen LogP contribution in [-0.2, 0) is 4.79 Å². The average molecular weight is 302 g/mol. The zero-order valence-electron chi connectivity index (χ0n) is 14.5. The summed E-state index contributed by atoms with van der Waals surface area (Å²) < 4.78 is 0. The third-order valence-corrected chi connectivity index (χ3v) is 4.00. The zero-order chi connectivity index (χ0) is 15.8. The average Bonchev–Trinajstić information content (AvgIpc) is 2.23. The van der Waals surface area contributed by atoms with Gasteiger partial charge in [0.15, 0.2) is 0 Å². The van der Waals surface area contributed by atoms with Crippen molar-refractivity contribution in [2.24, 2.45) is 16.7 Å². The molecule has 0 aromatic carbocycles. The summed E-state index contributed by atoms with van der Waals surface area (Å²) in [6.45, 7) is 12.3. The maximum absolute atomic E-state index is 11.3. The van der Waals surface area contributed by atoms with Crippen LogP contribution in [0.2, 0.25) is 0 Å². The molecule has 0 fully saturated rings. The number of carbonyl (C=O) groups is 1. The summed E-state index contributed by atoms with van der Waals surface area (Å²) in [5.41, 5.74) is -0.601. The van der Waals surface area contributed by atoms with Crippen molar-refractivity contribution in [1.82, 2.24) is 0 Å². The van der Waals surface area contributed by atoms with E-state index < -0.39 is 11.6 Å². The minimum absolute atomic E-state index is 0. The molecule has 0 amide bonds. The predicted molar refractivity (Wildman–Crippen MR) is 78.8 cm³/mol. The van der Waals surface area contributed by atoms with Crippen LogP contribution in [-0.4, -0.2) is 16.7 Å². The predicted octanol–water partition coefficient (Wildman–Crippen LogP) is -0.544. The molecule has 0 bridgehead atoms. The van der Waals surface area contributed by atoms with Crippen LogP contribution in [0.5, 0.6) is 0 Å². The van der Waals surface area contributed by atoms with Gasteiger partial charge < -0.3 is 15.0 Å². The Bertz CT molecular complexity index is 438. The first kappa shape index (κ1) is 20.9. The Morgan fingerprint density at radius 1 is 1.29 bits per heavy atom. The van der Waals surface area contributed by atoms with Crippen molar-refractivity contribution < 1.29 is 44.6 Å². The number of carbonyl (C=O) groups excluding carboxylic acids is 1. The molecule has 2 atom stereocenters. The second kappa shape index (κ2) is 6.99. The Labute approximate surface area is 150 Å². The van der Waals surface area contributed by atoms with E-state index in [1.165, 1.54) is 0 Å². The molecule has 114 valence electrons.